The van der Waals surface area contributed by atoms with E-state index in [0.29, 0.717) is 13.0 Å². The van der Waals surface area contributed by atoms with Gasteiger partial charge in [-0.1, -0.05) is 78.8 Å². The zero-order valence-electron chi connectivity index (χ0n) is 33.2. The summed E-state index contributed by atoms with van der Waals surface area (Å²) in [4.78, 5) is 69.9. The van der Waals surface area contributed by atoms with Crippen molar-refractivity contribution in [2.45, 2.75) is 111 Å². The Balaban J connectivity index is 2.18. The monoisotopic (exact) mass is 731 g/mol. The third-order valence-corrected chi connectivity index (χ3v) is 10.4. The van der Waals surface area contributed by atoms with E-state index in [1.165, 1.54) is 14.2 Å². The minimum atomic E-state index is -0.995. The number of nitrogens with one attached hydrogen (secondary N) is 3. The number of carboxylic acid groups (broad SMARTS) is 1. The average molecular weight is 732 g/mol. The van der Waals surface area contributed by atoms with E-state index in [0.717, 1.165) is 12.0 Å². The highest BCUT2D eigenvalue weighted by molar-refractivity contribution is 5.90. The van der Waals surface area contributed by atoms with Crippen molar-refractivity contribution < 1.29 is 38.6 Å². The van der Waals surface area contributed by atoms with Gasteiger partial charge in [0.25, 0.3) is 0 Å². The summed E-state index contributed by atoms with van der Waals surface area (Å²) in [7, 11) is 6.46. The second kappa shape index (κ2) is 21.2. The Kier molecular flexibility index (Phi) is 18.2. The summed E-state index contributed by atoms with van der Waals surface area (Å²) in [5.74, 6) is -3.74. The molecule has 4 N–H and O–H groups in total. The third kappa shape index (κ3) is 12.0. The summed E-state index contributed by atoms with van der Waals surface area (Å²) in [5.41, 5.74) is 0.868. The van der Waals surface area contributed by atoms with Crippen LogP contribution in [0, 0.1) is 29.6 Å². The highest BCUT2D eigenvalue weighted by Gasteiger charge is 2.42. The van der Waals surface area contributed by atoms with Crippen LogP contribution in [-0.4, -0.2) is 122 Å². The average Bonchev–Trinajstić information content (AvgIpc) is 3.58. The van der Waals surface area contributed by atoms with E-state index in [1.807, 2.05) is 71.9 Å². The van der Waals surface area contributed by atoms with Crippen molar-refractivity contribution >= 4 is 29.6 Å². The molecular weight excluding hydrogens is 666 g/mol. The quantitative estimate of drug-likeness (QED) is 0.149. The van der Waals surface area contributed by atoms with Gasteiger partial charge in [-0.05, 0) is 49.6 Å². The van der Waals surface area contributed by atoms with Crippen molar-refractivity contribution in [3.8, 4) is 0 Å². The highest BCUT2D eigenvalue weighted by atomic mass is 16.5. The van der Waals surface area contributed by atoms with Crippen molar-refractivity contribution in [2.24, 2.45) is 29.6 Å². The molecule has 13 nitrogen and oxygen atoms in total. The van der Waals surface area contributed by atoms with Gasteiger partial charge in [0.1, 0.15) is 6.04 Å². The Morgan fingerprint density at radius 2 is 1.52 bits per heavy atom. The number of hydrogen-bond donors (Lipinski definition) is 4. The molecular formula is C39H65N5O8. The van der Waals surface area contributed by atoms with Gasteiger partial charge in [0, 0.05) is 34.4 Å². The lowest BCUT2D eigenvalue weighted by atomic mass is 9.91. The van der Waals surface area contributed by atoms with Crippen LogP contribution < -0.4 is 16.0 Å². The maximum atomic E-state index is 14.0. The van der Waals surface area contributed by atoms with E-state index in [1.54, 1.807) is 30.8 Å². The number of nitrogens with zero attached hydrogens (tertiary/aromatic N) is 2. The molecule has 1 aliphatic rings. The second-order valence-electron chi connectivity index (χ2n) is 15.2. The Morgan fingerprint density at radius 3 is 2.02 bits per heavy atom. The Morgan fingerprint density at radius 1 is 0.904 bits per heavy atom. The molecule has 0 saturated carbocycles. The number of carboxylic acids is 1. The van der Waals surface area contributed by atoms with Gasteiger partial charge in [-0.25, -0.2) is 0 Å². The van der Waals surface area contributed by atoms with Crippen LogP contribution in [0.15, 0.2) is 30.3 Å². The fourth-order valence-corrected chi connectivity index (χ4v) is 7.47. The van der Waals surface area contributed by atoms with E-state index < -0.39 is 48.1 Å². The highest BCUT2D eigenvalue weighted by Crippen LogP contribution is 2.29. The lowest BCUT2D eigenvalue weighted by Crippen LogP contribution is -2.59. The van der Waals surface area contributed by atoms with E-state index in [4.69, 9.17) is 9.47 Å². The first kappa shape index (κ1) is 44.6. The predicted octanol–water partition coefficient (Wildman–Crippen LogP) is 2.96. The first-order valence-corrected chi connectivity index (χ1v) is 18.6. The van der Waals surface area contributed by atoms with Gasteiger partial charge in [-0.3, -0.25) is 24.0 Å². The van der Waals surface area contributed by atoms with Gasteiger partial charge in [0.2, 0.25) is 23.6 Å². The molecule has 1 saturated heterocycles. The zero-order valence-corrected chi connectivity index (χ0v) is 33.2. The molecule has 4 amide bonds. The van der Waals surface area contributed by atoms with Crippen LogP contribution >= 0.6 is 0 Å². The topological polar surface area (TPSA) is 167 Å². The number of benzene rings is 1. The second-order valence-corrected chi connectivity index (χ2v) is 15.2. The summed E-state index contributed by atoms with van der Waals surface area (Å²) in [6.45, 7) is 13.8. The Labute approximate surface area is 310 Å². The summed E-state index contributed by atoms with van der Waals surface area (Å²) in [6.07, 6.45) is 0.370. The third-order valence-electron chi connectivity index (χ3n) is 10.4. The van der Waals surface area contributed by atoms with E-state index >= 15 is 0 Å². The summed E-state index contributed by atoms with van der Waals surface area (Å²) < 4.78 is 11.8. The SMILES string of the molecule is CN[C@H](C(=O)N[C@H](C(=O)N(C)[C@@H](C(C)C)[C@@H](CC(=O)N1CCC[C@H]1[C@H](OC)[C@@H](C)C(=O)NC[C@@H](Cc1ccccc1)C(=O)O)OC)C(C)C)C(C)C. The van der Waals surface area contributed by atoms with Crippen molar-refractivity contribution in [3.05, 3.63) is 35.9 Å². The van der Waals surface area contributed by atoms with Gasteiger partial charge in [-0.15, -0.1) is 0 Å². The molecule has 0 bridgehead atoms. The fourth-order valence-electron chi connectivity index (χ4n) is 7.47. The predicted molar refractivity (Wildman–Crippen MR) is 200 cm³/mol. The van der Waals surface area contributed by atoms with Crippen molar-refractivity contribution in [3.63, 3.8) is 0 Å². The van der Waals surface area contributed by atoms with E-state index in [2.05, 4.69) is 16.0 Å². The van der Waals surface area contributed by atoms with Crippen LogP contribution in [0.4, 0.5) is 0 Å². The maximum Gasteiger partial charge on any atom is 0.308 e. The van der Waals surface area contributed by atoms with Gasteiger partial charge < -0.3 is 40.3 Å². The summed E-state index contributed by atoms with van der Waals surface area (Å²) in [6, 6.07) is 7.18. The fraction of sp³-hybridized carbons (Fsp3) is 0.718. The Hall–Kier alpha value is -3.55. The number of carbonyl (C=O) groups is 5. The number of likely N-dealkylation sites (tertiary alicyclic amines) is 1. The largest absolute Gasteiger partial charge is 0.481 e. The number of hydrogen-bond acceptors (Lipinski definition) is 8. The minimum Gasteiger partial charge on any atom is -0.481 e. The molecule has 1 aromatic carbocycles. The molecule has 0 aromatic heterocycles. The van der Waals surface area contributed by atoms with Crippen LogP contribution in [-0.2, 0) is 39.9 Å². The molecule has 0 unspecified atom stereocenters. The number of aliphatic carboxylic acids is 1. The number of amides is 4. The number of methoxy groups -OCH3 is 2. The van der Waals surface area contributed by atoms with Gasteiger partial charge in [0.05, 0.1) is 48.6 Å². The Bertz CT molecular complexity index is 1310. The molecule has 294 valence electrons. The van der Waals surface area contributed by atoms with Gasteiger partial charge in [0.15, 0.2) is 0 Å². The summed E-state index contributed by atoms with van der Waals surface area (Å²) >= 11 is 0. The molecule has 1 aliphatic heterocycles. The lowest BCUT2D eigenvalue weighted by Gasteiger charge is -2.40. The van der Waals surface area contributed by atoms with Gasteiger partial charge in [-0.2, -0.15) is 0 Å². The minimum absolute atomic E-state index is 0.00185. The molecule has 0 spiro atoms. The van der Waals surface area contributed by atoms with Crippen LogP contribution in [0.5, 0.6) is 0 Å². The van der Waals surface area contributed by atoms with Crippen molar-refractivity contribution in [1.29, 1.82) is 0 Å². The smallest absolute Gasteiger partial charge is 0.308 e. The van der Waals surface area contributed by atoms with Gasteiger partial charge >= 0.3 is 5.97 Å². The first-order chi connectivity index (χ1) is 24.5. The van der Waals surface area contributed by atoms with Crippen LogP contribution in [0.2, 0.25) is 0 Å². The van der Waals surface area contributed by atoms with Crippen molar-refractivity contribution in [1.82, 2.24) is 25.8 Å². The molecule has 52 heavy (non-hydrogen) atoms. The van der Waals surface area contributed by atoms with E-state index in [9.17, 15) is 29.1 Å². The number of ether oxygens (including phenoxy) is 2. The number of rotatable bonds is 21. The van der Waals surface area contributed by atoms with Crippen LogP contribution in [0.3, 0.4) is 0 Å². The first-order valence-electron chi connectivity index (χ1n) is 18.6. The molecule has 13 heteroatoms. The molecule has 1 aromatic rings. The molecule has 8 atom stereocenters. The van der Waals surface area contributed by atoms with Crippen LogP contribution in [0.25, 0.3) is 0 Å². The van der Waals surface area contributed by atoms with Crippen molar-refractivity contribution in [2.75, 3.05) is 41.4 Å². The molecule has 0 aliphatic carbocycles. The molecule has 0 radical (unpaired) electrons. The standard InChI is InChI=1S/C39H65N5O8/c1-23(2)32(40-8)37(47)42-33(24(3)4)38(48)43(9)34(25(5)6)30(51-10)21-31(45)44-19-15-18-29(44)35(52-11)26(7)36(46)41-22-28(39(49)50)20-27-16-13-12-14-17-27/h12-14,16-17,23-26,28-30,32-35,40H,15,18-22H2,1-11H3,(H,41,46)(H,42,47)(H,49,50)/t26-,28-,29+,30-,32+,33+,34+,35-/m1/s1. The summed E-state index contributed by atoms with van der Waals surface area (Å²) in [5, 5.41) is 18.6. The maximum absolute atomic E-state index is 14.0. The van der Waals surface area contributed by atoms with Crippen LogP contribution in [0.1, 0.15) is 73.3 Å². The molecule has 1 heterocycles. The number of likely N-dealkylation sites (N-methyl/N-ethyl adjacent to an activating group) is 2. The zero-order chi connectivity index (χ0) is 39.3. The number of carbonyl (C=O) groups excluding carboxylic acids is 4. The normalized spacial score (nSPS) is 18.7. The van der Waals surface area contributed by atoms with E-state index in [-0.39, 0.29) is 66.8 Å². The molecule has 1 fully saturated rings. The molecule has 2 rings (SSSR count). The lowest BCUT2D eigenvalue weighted by molar-refractivity contribution is -0.147.